The van der Waals surface area contributed by atoms with E-state index in [0.717, 1.165) is 30.7 Å². The molecular weight excluding hydrogens is 278 g/mol. The van der Waals surface area contributed by atoms with Crippen LogP contribution in [0.1, 0.15) is 11.3 Å². The Hall–Kier alpha value is -1.13. The van der Waals surface area contributed by atoms with E-state index in [4.69, 9.17) is 0 Å². The van der Waals surface area contributed by atoms with Gasteiger partial charge in [0.1, 0.15) is 0 Å². The van der Waals surface area contributed by atoms with Crippen LogP contribution in [0.4, 0.5) is 0 Å². The number of nitrogens with zero attached hydrogens (tertiary/aromatic N) is 3. The zero-order valence-electron chi connectivity index (χ0n) is 9.51. The Morgan fingerprint density at radius 1 is 1.18 bits per heavy atom. The summed E-state index contributed by atoms with van der Waals surface area (Å²) >= 11 is 3.55. The highest BCUT2D eigenvalue weighted by Crippen LogP contribution is 2.22. The molecule has 0 saturated heterocycles. The summed E-state index contributed by atoms with van der Waals surface area (Å²) in [4.78, 5) is 2.46. The predicted octanol–water partition coefficient (Wildman–Crippen LogP) is 2.66. The average Bonchev–Trinajstić information content (AvgIpc) is 2.73. The Morgan fingerprint density at radius 2 is 2.00 bits per heavy atom. The molecular formula is C13H14BrN3. The summed E-state index contributed by atoms with van der Waals surface area (Å²) in [5, 5.41) is 4.34. The maximum absolute atomic E-state index is 4.34. The van der Waals surface area contributed by atoms with Crippen molar-refractivity contribution in [1.82, 2.24) is 14.7 Å². The Kier molecular flexibility index (Phi) is 2.99. The van der Waals surface area contributed by atoms with Crippen LogP contribution >= 0.6 is 15.9 Å². The first-order chi connectivity index (χ1) is 8.33. The highest BCUT2D eigenvalue weighted by atomic mass is 79.9. The van der Waals surface area contributed by atoms with Crippen molar-refractivity contribution in [3.63, 3.8) is 0 Å². The molecule has 0 unspecified atom stereocenters. The average molecular weight is 292 g/mol. The van der Waals surface area contributed by atoms with Gasteiger partial charge in [-0.05, 0) is 21.5 Å². The molecule has 0 spiro atoms. The van der Waals surface area contributed by atoms with Crippen LogP contribution in [0.15, 0.2) is 41.0 Å². The van der Waals surface area contributed by atoms with Crippen molar-refractivity contribution in [3.8, 4) is 0 Å². The van der Waals surface area contributed by atoms with Crippen molar-refractivity contribution in [2.45, 2.75) is 19.6 Å². The van der Waals surface area contributed by atoms with Gasteiger partial charge in [-0.3, -0.25) is 9.58 Å². The molecule has 3 nitrogen and oxygen atoms in total. The van der Waals surface area contributed by atoms with Crippen molar-refractivity contribution >= 4 is 15.9 Å². The van der Waals surface area contributed by atoms with Gasteiger partial charge in [-0.2, -0.15) is 5.10 Å². The summed E-state index contributed by atoms with van der Waals surface area (Å²) < 4.78 is 3.21. The van der Waals surface area contributed by atoms with E-state index in [1.807, 2.05) is 6.20 Å². The minimum absolute atomic E-state index is 0.968. The van der Waals surface area contributed by atoms with Gasteiger partial charge in [0.15, 0.2) is 0 Å². The van der Waals surface area contributed by atoms with Crippen molar-refractivity contribution in [2.24, 2.45) is 0 Å². The van der Waals surface area contributed by atoms with Crippen LogP contribution in [0.3, 0.4) is 0 Å². The molecule has 1 aromatic carbocycles. The van der Waals surface area contributed by atoms with E-state index in [2.05, 4.69) is 60.9 Å². The largest absolute Gasteiger partial charge is 0.291 e. The van der Waals surface area contributed by atoms with Gasteiger partial charge in [0.05, 0.1) is 22.9 Å². The van der Waals surface area contributed by atoms with E-state index >= 15 is 0 Å². The molecule has 1 aliphatic heterocycles. The summed E-state index contributed by atoms with van der Waals surface area (Å²) in [6.45, 7) is 4.03. The fraction of sp³-hybridized carbons (Fsp3) is 0.308. The zero-order chi connectivity index (χ0) is 11.7. The standard InChI is InChI=1S/C13H14BrN3/c14-12-8-15-17-7-6-16(10-13(12)17)9-11-4-2-1-3-5-11/h1-5,8H,6-7,9-10H2. The van der Waals surface area contributed by atoms with Crippen molar-refractivity contribution in [3.05, 3.63) is 52.3 Å². The minimum atomic E-state index is 0.968. The van der Waals surface area contributed by atoms with Gasteiger partial charge in [0, 0.05) is 19.6 Å². The number of halogens is 1. The first-order valence-electron chi connectivity index (χ1n) is 5.79. The van der Waals surface area contributed by atoms with Crippen LogP contribution in [-0.4, -0.2) is 21.2 Å². The van der Waals surface area contributed by atoms with Crippen LogP contribution in [0.2, 0.25) is 0 Å². The molecule has 0 aliphatic carbocycles. The van der Waals surface area contributed by atoms with Crippen LogP contribution in [0.25, 0.3) is 0 Å². The molecule has 2 heterocycles. The van der Waals surface area contributed by atoms with Crippen LogP contribution in [0, 0.1) is 0 Å². The molecule has 2 aromatic rings. The maximum atomic E-state index is 4.34. The molecule has 4 heteroatoms. The Labute approximate surface area is 109 Å². The second-order valence-corrected chi connectivity index (χ2v) is 5.21. The van der Waals surface area contributed by atoms with E-state index in [1.165, 1.54) is 11.3 Å². The smallest absolute Gasteiger partial charge is 0.0667 e. The van der Waals surface area contributed by atoms with Crippen molar-refractivity contribution in [2.75, 3.05) is 6.54 Å². The van der Waals surface area contributed by atoms with Gasteiger partial charge in [-0.1, -0.05) is 30.3 Å². The highest BCUT2D eigenvalue weighted by molar-refractivity contribution is 9.10. The third-order valence-corrected chi connectivity index (χ3v) is 3.81. The van der Waals surface area contributed by atoms with E-state index in [1.54, 1.807) is 0 Å². The van der Waals surface area contributed by atoms with Crippen LogP contribution in [-0.2, 0) is 19.6 Å². The van der Waals surface area contributed by atoms with Gasteiger partial charge in [-0.25, -0.2) is 0 Å². The van der Waals surface area contributed by atoms with Gasteiger partial charge < -0.3 is 0 Å². The summed E-state index contributed by atoms with van der Waals surface area (Å²) in [7, 11) is 0. The minimum Gasteiger partial charge on any atom is -0.291 e. The second-order valence-electron chi connectivity index (χ2n) is 4.36. The van der Waals surface area contributed by atoms with E-state index in [9.17, 15) is 0 Å². The molecule has 1 aliphatic rings. The number of rotatable bonds is 2. The van der Waals surface area contributed by atoms with Crippen molar-refractivity contribution in [1.29, 1.82) is 0 Å². The predicted molar refractivity (Wildman–Crippen MR) is 70.5 cm³/mol. The molecule has 0 radical (unpaired) electrons. The molecule has 0 saturated carbocycles. The van der Waals surface area contributed by atoms with Gasteiger partial charge in [0.25, 0.3) is 0 Å². The second kappa shape index (κ2) is 4.63. The lowest BCUT2D eigenvalue weighted by Gasteiger charge is -2.27. The molecule has 0 amide bonds. The fourth-order valence-electron chi connectivity index (χ4n) is 2.24. The molecule has 0 atom stereocenters. The summed E-state index contributed by atoms with van der Waals surface area (Å²) in [6.07, 6.45) is 1.89. The zero-order valence-corrected chi connectivity index (χ0v) is 11.1. The number of fused-ring (bicyclic) bond motifs is 1. The molecule has 3 rings (SSSR count). The van der Waals surface area contributed by atoms with E-state index in [-0.39, 0.29) is 0 Å². The molecule has 88 valence electrons. The Balaban J connectivity index is 1.74. The molecule has 0 fully saturated rings. The van der Waals surface area contributed by atoms with Gasteiger partial charge in [-0.15, -0.1) is 0 Å². The molecule has 0 bridgehead atoms. The number of benzene rings is 1. The summed E-state index contributed by atoms with van der Waals surface area (Å²) in [6, 6.07) is 10.6. The number of hydrogen-bond donors (Lipinski definition) is 0. The van der Waals surface area contributed by atoms with E-state index < -0.39 is 0 Å². The van der Waals surface area contributed by atoms with Crippen LogP contribution < -0.4 is 0 Å². The number of hydrogen-bond acceptors (Lipinski definition) is 2. The lowest BCUT2D eigenvalue weighted by Crippen LogP contribution is -2.33. The lowest BCUT2D eigenvalue weighted by molar-refractivity contribution is 0.204. The van der Waals surface area contributed by atoms with Gasteiger partial charge in [0.2, 0.25) is 0 Å². The van der Waals surface area contributed by atoms with Crippen LogP contribution in [0.5, 0.6) is 0 Å². The summed E-state index contributed by atoms with van der Waals surface area (Å²) in [5.41, 5.74) is 2.66. The monoisotopic (exact) mass is 291 g/mol. The quantitative estimate of drug-likeness (QED) is 0.848. The first-order valence-corrected chi connectivity index (χ1v) is 6.59. The molecule has 0 N–H and O–H groups in total. The lowest BCUT2D eigenvalue weighted by atomic mass is 10.2. The molecule has 17 heavy (non-hydrogen) atoms. The van der Waals surface area contributed by atoms with Crippen molar-refractivity contribution < 1.29 is 0 Å². The fourth-order valence-corrected chi connectivity index (χ4v) is 2.66. The summed E-state index contributed by atoms with van der Waals surface area (Å²) in [5.74, 6) is 0. The normalized spacial score (nSPS) is 15.8. The van der Waals surface area contributed by atoms with E-state index in [0.29, 0.717) is 0 Å². The third kappa shape index (κ3) is 2.28. The Bertz CT molecular complexity index is 507. The maximum Gasteiger partial charge on any atom is 0.0667 e. The topological polar surface area (TPSA) is 21.1 Å². The SMILES string of the molecule is Brc1cnn2c1CN(Cc1ccccc1)CC2. The first kappa shape index (κ1) is 11.0. The number of aromatic nitrogens is 2. The highest BCUT2D eigenvalue weighted by Gasteiger charge is 2.19. The van der Waals surface area contributed by atoms with Gasteiger partial charge >= 0.3 is 0 Å². The molecule has 1 aromatic heterocycles. The third-order valence-electron chi connectivity index (χ3n) is 3.15. The Morgan fingerprint density at radius 3 is 2.82 bits per heavy atom.